The minimum atomic E-state index is 0.00219. The fourth-order valence-electron chi connectivity index (χ4n) is 1.66. The molecular formula is C12H21N3O. The van der Waals surface area contributed by atoms with E-state index < -0.39 is 0 Å². The molecule has 0 spiro atoms. The first-order valence-electron chi connectivity index (χ1n) is 5.84. The van der Waals surface area contributed by atoms with Crippen molar-refractivity contribution >= 4 is 0 Å². The largest absolute Gasteiger partial charge is 0.396 e. The molecule has 0 aliphatic rings. The summed E-state index contributed by atoms with van der Waals surface area (Å²) in [5, 5.41) is 20.6. The summed E-state index contributed by atoms with van der Waals surface area (Å²) in [6.07, 6.45) is 3.63. The fraction of sp³-hybridized carbons (Fsp3) is 0.667. The van der Waals surface area contributed by atoms with Gasteiger partial charge in [-0.1, -0.05) is 13.8 Å². The predicted octanol–water partition coefficient (Wildman–Crippen LogP) is 1.36. The average molecular weight is 223 g/mol. The molecule has 0 unspecified atom stereocenters. The molecule has 1 aromatic rings. The number of nitrogens with zero attached hydrogens (tertiary/aromatic N) is 2. The number of aromatic nitrogens is 2. The second kappa shape index (κ2) is 6.55. The van der Waals surface area contributed by atoms with Gasteiger partial charge in [0, 0.05) is 31.3 Å². The van der Waals surface area contributed by atoms with Gasteiger partial charge in [0.05, 0.1) is 5.69 Å². The Morgan fingerprint density at radius 1 is 1.38 bits per heavy atom. The van der Waals surface area contributed by atoms with Gasteiger partial charge in [-0.3, -0.25) is 0 Å². The van der Waals surface area contributed by atoms with Gasteiger partial charge in [-0.25, -0.2) is 0 Å². The summed E-state index contributed by atoms with van der Waals surface area (Å²) < 4.78 is 0. The first kappa shape index (κ1) is 13.1. The van der Waals surface area contributed by atoms with Crippen LogP contribution in [0.2, 0.25) is 0 Å². The predicted molar refractivity (Wildman–Crippen MR) is 63.8 cm³/mol. The standard InChI is InChI=1S/C12H21N3O/c1-3-12(4-2,10-16)9-13-8-11-6-5-7-14-15-11/h5-7,13,16H,3-4,8-10H2,1-2H3. The summed E-state index contributed by atoms with van der Waals surface area (Å²) in [6, 6.07) is 3.82. The van der Waals surface area contributed by atoms with Crippen LogP contribution in [-0.2, 0) is 6.54 Å². The van der Waals surface area contributed by atoms with E-state index in [9.17, 15) is 5.11 Å². The Hall–Kier alpha value is -1.00. The number of aliphatic hydroxyl groups excluding tert-OH is 1. The lowest BCUT2D eigenvalue weighted by molar-refractivity contribution is 0.113. The molecule has 0 aromatic carbocycles. The van der Waals surface area contributed by atoms with Crippen molar-refractivity contribution in [2.75, 3.05) is 13.2 Å². The molecule has 16 heavy (non-hydrogen) atoms. The third-order valence-corrected chi connectivity index (χ3v) is 3.27. The van der Waals surface area contributed by atoms with Crippen molar-refractivity contribution in [1.82, 2.24) is 15.5 Å². The molecule has 0 radical (unpaired) electrons. The molecule has 0 saturated carbocycles. The van der Waals surface area contributed by atoms with E-state index in [1.165, 1.54) is 0 Å². The molecule has 1 heterocycles. The molecule has 0 aliphatic carbocycles. The zero-order chi connectivity index (χ0) is 11.9. The Morgan fingerprint density at radius 3 is 2.62 bits per heavy atom. The number of hydrogen-bond donors (Lipinski definition) is 2. The van der Waals surface area contributed by atoms with Crippen LogP contribution in [0.5, 0.6) is 0 Å². The number of rotatable bonds is 7. The summed E-state index contributed by atoms with van der Waals surface area (Å²) in [6.45, 7) is 5.98. The normalized spacial score (nSPS) is 11.7. The van der Waals surface area contributed by atoms with Gasteiger partial charge in [0.1, 0.15) is 0 Å². The van der Waals surface area contributed by atoms with Crippen molar-refractivity contribution < 1.29 is 5.11 Å². The molecule has 0 amide bonds. The Kier molecular flexibility index (Phi) is 5.35. The average Bonchev–Trinajstić information content (AvgIpc) is 2.37. The van der Waals surface area contributed by atoms with Crippen LogP contribution in [0.25, 0.3) is 0 Å². The second-order valence-corrected chi connectivity index (χ2v) is 4.18. The van der Waals surface area contributed by atoms with E-state index in [2.05, 4.69) is 29.4 Å². The van der Waals surface area contributed by atoms with Gasteiger partial charge in [0.15, 0.2) is 0 Å². The van der Waals surface area contributed by atoms with Crippen molar-refractivity contribution in [3.8, 4) is 0 Å². The maximum absolute atomic E-state index is 9.41. The maximum Gasteiger partial charge on any atom is 0.0768 e. The number of nitrogens with one attached hydrogen (secondary N) is 1. The Labute approximate surface area is 97.1 Å². The fourth-order valence-corrected chi connectivity index (χ4v) is 1.66. The lowest BCUT2D eigenvalue weighted by Gasteiger charge is -2.29. The summed E-state index contributed by atoms with van der Waals surface area (Å²) in [5.74, 6) is 0. The summed E-state index contributed by atoms with van der Waals surface area (Å²) >= 11 is 0. The summed E-state index contributed by atoms with van der Waals surface area (Å²) in [4.78, 5) is 0. The van der Waals surface area contributed by atoms with Gasteiger partial charge in [0.2, 0.25) is 0 Å². The molecule has 90 valence electrons. The first-order valence-corrected chi connectivity index (χ1v) is 5.84. The van der Waals surface area contributed by atoms with E-state index in [-0.39, 0.29) is 12.0 Å². The van der Waals surface area contributed by atoms with Crippen molar-refractivity contribution in [2.45, 2.75) is 33.2 Å². The van der Waals surface area contributed by atoms with E-state index in [4.69, 9.17) is 0 Å². The van der Waals surface area contributed by atoms with Crippen LogP contribution in [0, 0.1) is 5.41 Å². The molecule has 4 nitrogen and oxygen atoms in total. The van der Waals surface area contributed by atoms with Crippen molar-refractivity contribution in [3.05, 3.63) is 24.0 Å². The highest BCUT2D eigenvalue weighted by atomic mass is 16.3. The monoisotopic (exact) mass is 223 g/mol. The van der Waals surface area contributed by atoms with E-state index >= 15 is 0 Å². The molecule has 0 fully saturated rings. The Balaban J connectivity index is 2.39. The highest BCUT2D eigenvalue weighted by Crippen LogP contribution is 2.24. The van der Waals surface area contributed by atoms with Gasteiger partial charge in [-0.15, -0.1) is 0 Å². The van der Waals surface area contributed by atoms with Crippen LogP contribution in [0.15, 0.2) is 18.3 Å². The first-order chi connectivity index (χ1) is 7.76. The number of hydrogen-bond acceptors (Lipinski definition) is 4. The van der Waals surface area contributed by atoms with Gasteiger partial charge < -0.3 is 10.4 Å². The van der Waals surface area contributed by atoms with E-state index in [1.807, 2.05) is 12.1 Å². The van der Waals surface area contributed by atoms with Crippen molar-refractivity contribution in [3.63, 3.8) is 0 Å². The van der Waals surface area contributed by atoms with Gasteiger partial charge in [-0.05, 0) is 25.0 Å². The third-order valence-electron chi connectivity index (χ3n) is 3.27. The lowest BCUT2D eigenvalue weighted by atomic mass is 9.83. The topological polar surface area (TPSA) is 58.0 Å². The molecule has 0 saturated heterocycles. The van der Waals surface area contributed by atoms with Crippen LogP contribution in [-0.4, -0.2) is 28.5 Å². The molecular weight excluding hydrogens is 202 g/mol. The van der Waals surface area contributed by atoms with Crippen LogP contribution < -0.4 is 5.32 Å². The summed E-state index contributed by atoms with van der Waals surface area (Å²) in [5.41, 5.74) is 0.934. The smallest absolute Gasteiger partial charge is 0.0768 e. The molecule has 0 bridgehead atoms. The quantitative estimate of drug-likeness (QED) is 0.733. The molecule has 0 atom stereocenters. The Bertz CT molecular complexity index is 277. The third kappa shape index (κ3) is 3.54. The number of aliphatic hydroxyl groups is 1. The zero-order valence-corrected chi connectivity index (χ0v) is 10.1. The van der Waals surface area contributed by atoms with Crippen LogP contribution in [0.1, 0.15) is 32.4 Å². The van der Waals surface area contributed by atoms with Crippen LogP contribution >= 0.6 is 0 Å². The van der Waals surface area contributed by atoms with Gasteiger partial charge in [-0.2, -0.15) is 10.2 Å². The van der Waals surface area contributed by atoms with Gasteiger partial charge in [0.25, 0.3) is 0 Å². The highest BCUT2D eigenvalue weighted by molar-refractivity contribution is 4.98. The van der Waals surface area contributed by atoms with E-state index in [0.717, 1.165) is 25.1 Å². The molecule has 1 aromatic heterocycles. The molecule has 0 aliphatic heterocycles. The molecule has 1 rings (SSSR count). The maximum atomic E-state index is 9.41. The second-order valence-electron chi connectivity index (χ2n) is 4.18. The van der Waals surface area contributed by atoms with Crippen LogP contribution in [0.3, 0.4) is 0 Å². The van der Waals surface area contributed by atoms with Crippen molar-refractivity contribution in [2.24, 2.45) is 5.41 Å². The zero-order valence-electron chi connectivity index (χ0n) is 10.1. The lowest BCUT2D eigenvalue weighted by Crippen LogP contribution is -2.36. The molecule has 4 heteroatoms. The van der Waals surface area contributed by atoms with Crippen LogP contribution in [0.4, 0.5) is 0 Å². The minimum Gasteiger partial charge on any atom is -0.396 e. The SMILES string of the molecule is CCC(CC)(CO)CNCc1cccnn1. The molecule has 2 N–H and O–H groups in total. The Morgan fingerprint density at radius 2 is 2.12 bits per heavy atom. The van der Waals surface area contributed by atoms with E-state index in [1.54, 1.807) is 6.20 Å². The summed E-state index contributed by atoms with van der Waals surface area (Å²) in [7, 11) is 0. The minimum absolute atomic E-state index is 0.00219. The highest BCUT2D eigenvalue weighted by Gasteiger charge is 2.24. The van der Waals surface area contributed by atoms with Gasteiger partial charge >= 0.3 is 0 Å². The van der Waals surface area contributed by atoms with E-state index in [0.29, 0.717) is 6.54 Å². The van der Waals surface area contributed by atoms with Crippen molar-refractivity contribution in [1.29, 1.82) is 0 Å².